The summed E-state index contributed by atoms with van der Waals surface area (Å²) in [7, 11) is 3.96. The van der Waals surface area contributed by atoms with Crippen LogP contribution in [0.15, 0.2) is 41.7 Å². The second-order valence-corrected chi connectivity index (χ2v) is 6.30. The Bertz CT molecular complexity index is 657. The van der Waals surface area contributed by atoms with E-state index in [1.54, 1.807) is 13.4 Å². The van der Waals surface area contributed by atoms with E-state index in [-0.39, 0.29) is 24.0 Å². The molecule has 0 aliphatic carbocycles. The average Bonchev–Trinajstić information content (AvgIpc) is 3.12. The maximum absolute atomic E-state index is 4.27. The first-order chi connectivity index (χ1) is 12.7. The summed E-state index contributed by atoms with van der Waals surface area (Å²) in [6, 6.07) is 10.6. The zero-order valence-electron chi connectivity index (χ0n) is 16.6. The molecule has 0 saturated heterocycles. The van der Waals surface area contributed by atoms with Crippen molar-refractivity contribution in [2.75, 3.05) is 33.7 Å². The third-order valence-electron chi connectivity index (χ3n) is 4.19. The van der Waals surface area contributed by atoms with Gasteiger partial charge in [-0.25, -0.2) is 0 Å². The monoisotopic (exact) mass is 485 g/mol. The topological polar surface area (TPSA) is 70.4 Å². The van der Waals surface area contributed by atoms with Crippen molar-refractivity contribution in [3.63, 3.8) is 0 Å². The van der Waals surface area contributed by atoms with Gasteiger partial charge in [-0.1, -0.05) is 37.3 Å². The van der Waals surface area contributed by atoms with Crippen LogP contribution in [0.4, 0.5) is 0 Å². The van der Waals surface area contributed by atoms with Crippen LogP contribution < -0.4 is 10.6 Å². The Balaban J connectivity index is 0.00000364. The van der Waals surface area contributed by atoms with Gasteiger partial charge in [0.15, 0.2) is 5.96 Å². The van der Waals surface area contributed by atoms with Crippen LogP contribution in [0.2, 0.25) is 0 Å². The van der Waals surface area contributed by atoms with E-state index >= 15 is 0 Å². The Hall–Kier alpha value is -1.68. The van der Waals surface area contributed by atoms with Gasteiger partial charge in [-0.15, -0.1) is 34.2 Å². The second-order valence-electron chi connectivity index (χ2n) is 6.30. The Morgan fingerprint density at radius 1 is 1.19 bits per heavy atom. The van der Waals surface area contributed by atoms with Crippen molar-refractivity contribution in [1.82, 2.24) is 30.3 Å². The van der Waals surface area contributed by atoms with Gasteiger partial charge in [0, 0.05) is 39.6 Å². The second kappa shape index (κ2) is 13.5. The number of hydrogen-bond acceptors (Lipinski definition) is 4. The first-order valence-electron chi connectivity index (χ1n) is 9.26. The van der Waals surface area contributed by atoms with E-state index in [1.165, 1.54) is 5.56 Å². The minimum absolute atomic E-state index is 0. The third kappa shape index (κ3) is 8.70. The van der Waals surface area contributed by atoms with Gasteiger partial charge in [-0.05, 0) is 25.6 Å². The summed E-state index contributed by atoms with van der Waals surface area (Å²) in [6.07, 6.45) is 3.73. The highest BCUT2D eigenvalue weighted by Crippen LogP contribution is 2.02. The van der Waals surface area contributed by atoms with Crippen molar-refractivity contribution >= 4 is 29.9 Å². The van der Waals surface area contributed by atoms with Gasteiger partial charge >= 0.3 is 0 Å². The minimum atomic E-state index is 0. The van der Waals surface area contributed by atoms with Crippen LogP contribution in [-0.4, -0.2) is 59.4 Å². The smallest absolute Gasteiger partial charge is 0.191 e. The lowest BCUT2D eigenvalue weighted by atomic mass is 10.2. The predicted molar refractivity (Wildman–Crippen MR) is 122 cm³/mol. The number of nitrogens with one attached hydrogen (secondary N) is 2. The molecule has 0 bridgehead atoms. The highest BCUT2D eigenvalue weighted by molar-refractivity contribution is 14.0. The predicted octanol–water partition coefficient (Wildman–Crippen LogP) is 2.15. The summed E-state index contributed by atoms with van der Waals surface area (Å²) in [4.78, 5) is 6.61. The molecule has 0 atom stereocenters. The molecule has 2 N–H and O–H groups in total. The van der Waals surface area contributed by atoms with Crippen molar-refractivity contribution in [3.8, 4) is 0 Å². The van der Waals surface area contributed by atoms with Crippen LogP contribution in [0.5, 0.6) is 0 Å². The largest absolute Gasteiger partial charge is 0.356 e. The molecule has 0 amide bonds. The summed E-state index contributed by atoms with van der Waals surface area (Å²) in [6.45, 7) is 6.62. The Labute approximate surface area is 179 Å². The molecule has 2 aromatic rings. The molecule has 0 saturated carbocycles. The number of aromatic nitrogens is 3. The van der Waals surface area contributed by atoms with E-state index < -0.39 is 0 Å². The summed E-state index contributed by atoms with van der Waals surface area (Å²) in [5.74, 6) is 1.85. The lowest BCUT2D eigenvalue weighted by Crippen LogP contribution is -2.40. The van der Waals surface area contributed by atoms with Gasteiger partial charge in [-0.2, -0.15) is 0 Å². The maximum atomic E-state index is 4.27. The van der Waals surface area contributed by atoms with Crippen molar-refractivity contribution in [2.45, 2.75) is 32.9 Å². The molecule has 0 fully saturated rings. The molecule has 1 aromatic heterocycles. The van der Waals surface area contributed by atoms with Crippen molar-refractivity contribution in [3.05, 3.63) is 48.0 Å². The molecule has 2 rings (SSSR count). The SMILES string of the molecule is CCc1nncn1CCNC(=NC)NCCCN(C)Cc1ccccc1.I. The number of guanidine groups is 1. The van der Waals surface area contributed by atoms with E-state index in [0.29, 0.717) is 0 Å². The molecule has 1 aromatic carbocycles. The van der Waals surface area contributed by atoms with Crippen LogP contribution in [0.3, 0.4) is 0 Å². The van der Waals surface area contributed by atoms with Gasteiger partial charge in [0.25, 0.3) is 0 Å². The van der Waals surface area contributed by atoms with Crippen LogP contribution in [0.1, 0.15) is 24.7 Å². The molecule has 1 heterocycles. The Kier molecular flexibility index (Phi) is 11.7. The van der Waals surface area contributed by atoms with Gasteiger partial charge in [-0.3, -0.25) is 4.99 Å². The van der Waals surface area contributed by atoms with Gasteiger partial charge in [0.2, 0.25) is 0 Å². The molecule has 0 radical (unpaired) electrons. The summed E-state index contributed by atoms with van der Waals surface area (Å²) < 4.78 is 2.07. The molecule has 27 heavy (non-hydrogen) atoms. The zero-order valence-corrected chi connectivity index (χ0v) is 18.9. The third-order valence-corrected chi connectivity index (χ3v) is 4.19. The van der Waals surface area contributed by atoms with E-state index in [1.807, 2.05) is 0 Å². The summed E-state index contributed by atoms with van der Waals surface area (Å²) in [5, 5.41) is 14.8. The lowest BCUT2D eigenvalue weighted by Gasteiger charge is -2.17. The van der Waals surface area contributed by atoms with Gasteiger partial charge in [0.1, 0.15) is 12.2 Å². The molecule has 150 valence electrons. The van der Waals surface area contributed by atoms with Crippen molar-refractivity contribution < 1.29 is 0 Å². The molecule has 0 unspecified atom stereocenters. The van der Waals surface area contributed by atoms with Crippen LogP contribution in [-0.2, 0) is 19.5 Å². The van der Waals surface area contributed by atoms with Crippen molar-refractivity contribution in [1.29, 1.82) is 0 Å². The van der Waals surface area contributed by atoms with Gasteiger partial charge < -0.3 is 20.1 Å². The normalized spacial score (nSPS) is 11.3. The number of aryl methyl sites for hydroxylation is 1. The standard InChI is InChI=1S/C19H31N7.HI/c1-4-18-24-23-16-26(18)14-12-22-19(20-2)21-11-8-13-25(3)15-17-9-6-5-7-10-17;/h5-7,9-10,16H,4,8,11-15H2,1-3H3,(H2,20,21,22);1H. The number of halogens is 1. The molecular formula is C19H32IN7. The zero-order chi connectivity index (χ0) is 18.6. The van der Waals surface area contributed by atoms with E-state index in [9.17, 15) is 0 Å². The van der Waals surface area contributed by atoms with E-state index in [2.05, 4.69) is 79.6 Å². The average molecular weight is 485 g/mol. The van der Waals surface area contributed by atoms with E-state index in [0.717, 1.165) is 57.3 Å². The first kappa shape index (κ1) is 23.4. The molecular weight excluding hydrogens is 453 g/mol. The number of rotatable bonds is 10. The van der Waals surface area contributed by atoms with Gasteiger partial charge in [0.05, 0.1) is 0 Å². The quantitative estimate of drug-likeness (QED) is 0.234. The minimum Gasteiger partial charge on any atom is -0.356 e. The fraction of sp³-hybridized carbons (Fsp3) is 0.526. The summed E-state index contributed by atoms with van der Waals surface area (Å²) >= 11 is 0. The molecule has 7 nitrogen and oxygen atoms in total. The molecule has 0 spiro atoms. The fourth-order valence-electron chi connectivity index (χ4n) is 2.78. The van der Waals surface area contributed by atoms with Crippen LogP contribution in [0, 0.1) is 0 Å². The Morgan fingerprint density at radius 2 is 1.93 bits per heavy atom. The van der Waals surface area contributed by atoms with Crippen LogP contribution >= 0.6 is 24.0 Å². The number of hydrogen-bond donors (Lipinski definition) is 2. The van der Waals surface area contributed by atoms with Crippen molar-refractivity contribution in [2.24, 2.45) is 4.99 Å². The highest BCUT2D eigenvalue weighted by atomic mass is 127. The first-order valence-corrected chi connectivity index (χ1v) is 9.26. The number of aliphatic imine (C=N–C) groups is 1. The number of nitrogens with zero attached hydrogens (tertiary/aromatic N) is 5. The highest BCUT2D eigenvalue weighted by Gasteiger charge is 2.03. The lowest BCUT2D eigenvalue weighted by molar-refractivity contribution is 0.322. The summed E-state index contributed by atoms with van der Waals surface area (Å²) in [5.41, 5.74) is 1.35. The Morgan fingerprint density at radius 3 is 2.63 bits per heavy atom. The van der Waals surface area contributed by atoms with E-state index in [4.69, 9.17) is 0 Å². The number of benzene rings is 1. The molecule has 0 aliphatic rings. The van der Waals surface area contributed by atoms with Crippen LogP contribution in [0.25, 0.3) is 0 Å². The molecule has 8 heteroatoms. The molecule has 0 aliphatic heterocycles. The maximum Gasteiger partial charge on any atom is 0.191 e. The fourth-order valence-corrected chi connectivity index (χ4v) is 2.78.